The maximum Gasteiger partial charge on any atom is 0.337 e. The first-order chi connectivity index (χ1) is 10.4. The summed E-state index contributed by atoms with van der Waals surface area (Å²) >= 11 is 0. The molecule has 3 rings (SSSR count). The molecule has 0 atom stereocenters. The molecule has 0 fully saturated rings. The lowest BCUT2D eigenvalue weighted by Crippen LogP contribution is -2.25. The zero-order valence-electron chi connectivity index (χ0n) is 13.2. The number of anilines is 1. The van der Waals surface area contributed by atoms with Crippen LogP contribution in [0.15, 0.2) is 36.4 Å². The predicted octanol–water partition coefficient (Wildman–Crippen LogP) is 3.64. The molecule has 114 valence electrons. The van der Waals surface area contributed by atoms with Gasteiger partial charge in [0.25, 0.3) is 0 Å². The Morgan fingerprint density at radius 3 is 2.59 bits per heavy atom. The number of aromatic nitrogens is 2. The SMILES string of the molecule is Cn1c2ccccc2c2ccc(NOC(=O)C(C)(C)C)nc21. The number of nitrogens with zero attached hydrogens (tertiary/aromatic N) is 2. The molecule has 0 radical (unpaired) electrons. The molecule has 0 aliphatic heterocycles. The number of benzene rings is 1. The first-order valence-electron chi connectivity index (χ1n) is 7.19. The maximum atomic E-state index is 11.8. The highest BCUT2D eigenvalue weighted by Crippen LogP contribution is 2.27. The number of para-hydroxylation sites is 1. The molecule has 3 aromatic rings. The van der Waals surface area contributed by atoms with Gasteiger partial charge in [0, 0.05) is 17.8 Å². The molecular weight excluding hydrogens is 278 g/mol. The summed E-state index contributed by atoms with van der Waals surface area (Å²) in [6.45, 7) is 5.41. The summed E-state index contributed by atoms with van der Waals surface area (Å²) in [5.41, 5.74) is 4.05. The standard InChI is InChI=1S/C17H19N3O2/c1-17(2,3)16(21)22-19-14-10-9-12-11-7-5-6-8-13(11)20(4)15(12)18-14/h5-10H,1-4H3,(H,18,19). The van der Waals surface area contributed by atoms with Gasteiger partial charge in [0.15, 0.2) is 5.82 Å². The Labute approximate surface area is 128 Å². The van der Waals surface area contributed by atoms with Gasteiger partial charge in [-0.05, 0) is 39.0 Å². The number of hydrogen-bond donors (Lipinski definition) is 1. The van der Waals surface area contributed by atoms with Crippen LogP contribution in [0.25, 0.3) is 21.9 Å². The molecule has 2 heterocycles. The highest BCUT2D eigenvalue weighted by molar-refractivity contribution is 6.06. The smallest absolute Gasteiger partial charge is 0.337 e. The minimum Gasteiger partial charge on any atom is -0.341 e. The zero-order chi connectivity index (χ0) is 15.9. The van der Waals surface area contributed by atoms with Crippen molar-refractivity contribution in [2.45, 2.75) is 20.8 Å². The average molecular weight is 297 g/mol. The highest BCUT2D eigenvalue weighted by atomic mass is 16.7. The fraction of sp³-hybridized carbons (Fsp3) is 0.294. The number of hydrogen-bond acceptors (Lipinski definition) is 4. The Bertz CT molecular complexity index is 859. The van der Waals surface area contributed by atoms with Crippen LogP contribution in [0, 0.1) is 5.41 Å². The number of pyridine rings is 1. The Hall–Kier alpha value is -2.56. The van der Waals surface area contributed by atoms with Crippen molar-refractivity contribution in [1.82, 2.24) is 9.55 Å². The van der Waals surface area contributed by atoms with Crippen molar-refractivity contribution in [2.24, 2.45) is 12.5 Å². The van der Waals surface area contributed by atoms with E-state index in [9.17, 15) is 4.79 Å². The van der Waals surface area contributed by atoms with Crippen molar-refractivity contribution < 1.29 is 9.63 Å². The molecule has 0 aliphatic carbocycles. The van der Waals surface area contributed by atoms with Crippen LogP contribution in [0.5, 0.6) is 0 Å². The lowest BCUT2D eigenvalue weighted by atomic mass is 9.98. The largest absolute Gasteiger partial charge is 0.341 e. The summed E-state index contributed by atoms with van der Waals surface area (Å²) in [4.78, 5) is 21.4. The van der Waals surface area contributed by atoms with Crippen molar-refractivity contribution in [1.29, 1.82) is 0 Å². The summed E-state index contributed by atoms with van der Waals surface area (Å²) < 4.78 is 2.03. The highest BCUT2D eigenvalue weighted by Gasteiger charge is 2.23. The van der Waals surface area contributed by atoms with Crippen LogP contribution in [-0.2, 0) is 16.7 Å². The minimum atomic E-state index is -0.559. The van der Waals surface area contributed by atoms with Gasteiger partial charge < -0.3 is 9.40 Å². The van der Waals surface area contributed by atoms with E-state index >= 15 is 0 Å². The van der Waals surface area contributed by atoms with Crippen LogP contribution in [0.2, 0.25) is 0 Å². The lowest BCUT2D eigenvalue weighted by molar-refractivity contribution is -0.149. The van der Waals surface area contributed by atoms with Crippen LogP contribution < -0.4 is 5.48 Å². The van der Waals surface area contributed by atoms with Gasteiger partial charge in [-0.25, -0.2) is 15.3 Å². The minimum absolute atomic E-state index is 0.327. The fourth-order valence-electron chi connectivity index (χ4n) is 2.33. The van der Waals surface area contributed by atoms with E-state index in [1.165, 1.54) is 0 Å². The summed E-state index contributed by atoms with van der Waals surface area (Å²) in [5.74, 6) is 0.183. The number of carbonyl (C=O) groups excluding carboxylic acids is 1. The third-order valence-electron chi connectivity index (χ3n) is 3.61. The molecule has 0 spiro atoms. The summed E-state index contributed by atoms with van der Waals surface area (Å²) in [7, 11) is 1.97. The Morgan fingerprint density at radius 2 is 1.86 bits per heavy atom. The van der Waals surface area contributed by atoms with Gasteiger partial charge in [0.1, 0.15) is 5.65 Å². The van der Waals surface area contributed by atoms with E-state index in [-0.39, 0.29) is 5.97 Å². The molecule has 1 aromatic carbocycles. The molecule has 0 bridgehead atoms. The van der Waals surface area contributed by atoms with Gasteiger partial charge >= 0.3 is 5.97 Å². The quantitative estimate of drug-likeness (QED) is 0.734. The second-order valence-corrected chi connectivity index (χ2v) is 6.39. The van der Waals surface area contributed by atoms with Crippen LogP contribution >= 0.6 is 0 Å². The van der Waals surface area contributed by atoms with E-state index in [0.29, 0.717) is 5.82 Å². The number of rotatable bonds is 2. The molecule has 0 amide bonds. The Kier molecular flexibility index (Phi) is 3.28. The molecule has 0 aliphatic rings. The maximum absolute atomic E-state index is 11.8. The van der Waals surface area contributed by atoms with Crippen LogP contribution in [0.1, 0.15) is 20.8 Å². The number of carbonyl (C=O) groups is 1. The topological polar surface area (TPSA) is 56.2 Å². The second-order valence-electron chi connectivity index (χ2n) is 6.39. The van der Waals surface area contributed by atoms with Crippen LogP contribution in [0.3, 0.4) is 0 Å². The van der Waals surface area contributed by atoms with Gasteiger partial charge in [0.2, 0.25) is 0 Å². The van der Waals surface area contributed by atoms with E-state index in [1.807, 2.05) is 35.9 Å². The molecule has 2 aromatic heterocycles. The van der Waals surface area contributed by atoms with E-state index in [1.54, 1.807) is 20.8 Å². The summed E-state index contributed by atoms with van der Waals surface area (Å²) in [6.07, 6.45) is 0. The van der Waals surface area contributed by atoms with Crippen molar-refractivity contribution in [3.05, 3.63) is 36.4 Å². The van der Waals surface area contributed by atoms with Gasteiger partial charge in [-0.15, -0.1) is 0 Å². The molecule has 5 heteroatoms. The van der Waals surface area contributed by atoms with Crippen molar-refractivity contribution >= 4 is 33.7 Å². The fourth-order valence-corrected chi connectivity index (χ4v) is 2.33. The molecule has 0 unspecified atom stereocenters. The Balaban J connectivity index is 1.95. The van der Waals surface area contributed by atoms with E-state index < -0.39 is 5.41 Å². The van der Waals surface area contributed by atoms with Gasteiger partial charge in [-0.1, -0.05) is 18.2 Å². The normalized spacial score (nSPS) is 11.8. The molecule has 0 saturated heterocycles. The van der Waals surface area contributed by atoms with E-state index in [2.05, 4.69) is 22.6 Å². The predicted molar refractivity (Wildman–Crippen MR) is 87.4 cm³/mol. The van der Waals surface area contributed by atoms with Gasteiger partial charge in [-0.2, -0.15) is 0 Å². The molecule has 22 heavy (non-hydrogen) atoms. The summed E-state index contributed by atoms with van der Waals surface area (Å²) in [6, 6.07) is 11.9. The van der Waals surface area contributed by atoms with Gasteiger partial charge in [0.05, 0.1) is 10.9 Å². The Morgan fingerprint density at radius 1 is 1.14 bits per heavy atom. The van der Waals surface area contributed by atoms with Crippen molar-refractivity contribution in [3.8, 4) is 0 Å². The third-order valence-corrected chi connectivity index (χ3v) is 3.61. The number of nitrogens with one attached hydrogen (secondary N) is 1. The first kappa shape index (κ1) is 14.4. The van der Waals surface area contributed by atoms with Crippen LogP contribution in [0.4, 0.5) is 5.82 Å². The van der Waals surface area contributed by atoms with Crippen molar-refractivity contribution in [3.63, 3.8) is 0 Å². The molecule has 5 nitrogen and oxygen atoms in total. The molecular formula is C17H19N3O2. The summed E-state index contributed by atoms with van der Waals surface area (Å²) in [5, 5.41) is 2.23. The van der Waals surface area contributed by atoms with E-state index in [4.69, 9.17) is 4.84 Å². The van der Waals surface area contributed by atoms with Crippen molar-refractivity contribution in [2.75, 3.05) is 5.48 Å². The lowest BCUT2D eigenvalue weighted by Gasteiger charge is -2.16. The third kappa shape index (κ3) is 2.39. The zero-order valence-corrected chi connectivity index (χ0v) is 13.2. The first-order valence-corrected chi connectivity index (χ1v) is 7.19. The number of fused-ring (bicyclic) bond motifs is 3. The van der Waals surface area contributed by atoms with Crippen LogP contribution in [-0.4, -0.2) is 15.5 Å². The molecule has 0 saturated carbocycles. The second kappa shape index (κ2) is 5.02. The van der Waals surface area contributed by atoms with Gasteiger partial charge in [-0.3, -0.25) is 0 Å². The number of aryl methyl sites for hydroxylation is 1. The van der Waals surface area contributed by atoms with E-state index in [0.717, 1.165) is 21.9 Å². The monoisotopic (exact) mass is 297 g/mol. The molecule has 1 N–H and O–H groups in total. The average Bonchev–Trinajstić information content (AvgIpc) is 2.77.